The highest BCUT2D eigenvalue weighted by molar-refractivity contribution is 8.18. The van der Waals surface area contributed by atoms with Gasteiger partial charge in [-0.2, -0.15) is 0 Å². The third-order valence-corrected chi connectivity index (χ3v) is 6.03. The predicted molar refractivity (Wildman–Crippen MR) is 119 cm³/mol. The number of nitrogens with two attached hydrogens (primary N) is 1. The minimum Gasteiger partial charge on any atom is -0.325 e. The van der Waals surface area contributed by atoms with E-state index in [4.69, 9.17) is 5.14 Å². The van der Waals surface area contributed by atoms with E-state index in [1.807, 2.05) is 43.3 Å². The molecule has 1 heterocycles. The van der Waals surface area contributed by atoms with Crippen molar-refractivity contribution in [2.75, 3.05) is 11.9 Å². The number of anilines is 1. The van der Waals surface area contributed by atoms with Crippen LogP contribution in [0.1, 0.15) is 12.5 Å². The molecule has 1 aliphatic heterocycles. The summed E-state index contributed by atoms with van der Waals surface area (Å²) in [5, 5.41) is 7.01. The Morgan fingerprint density at radius 2 is 1.74 bits per heavy atom. The van der Waals surface area contributed by atoms with Gasteiger partial charge in [0.2, 0.25) is 15.9 Å². The zero-order chi connectivity index (χ0) is 22.6. The van der Waals surface area contributed by atoms with Gasteiger partial charge in [-0.05, 0) is 60.2 Å². The molecule has 2 aromatic rings. The topological polar surface area (TPSA) is 127 Å². The number of rotatable bonds is 6. The zero-order valence-corrected chi connectivity index (χ0v) is 18.1. The minimum absolute atomic E-state index is 0.0968. The van der Waals surface area contributed by atoms with Gasteiger partial charge in [0.05, 0.1) is 9.80 Å². The number of nitrogens with one attached hydrogen (secondary N) is 1. The molecule has 1 fully saturated rings. The van der Waals surface area contributed by atoms with Crippen molar-refractivity contribution < 1.29 is 22.8 Å². The maximum atomic E-state index is 12.6. The Balaban J connectivity index is 1.65. The smallest absolute Gasteiger partial charge is 0.294 e. The molecule has 160 valence electrons. The van der Waals surface area contributed by atoms with E-state index in [-0.39, 0.29) is 9.80 Å². The van der Waals surface area contributed by atoms with Crippen molar-refractivity contribution in [2.45, 2.75) is 11.8 Å². The Bertz CT molecular complexity index is 1190. The molecular weight excluding hydrogens is 438 g/mol. The summed E-state index contributed by atoms with van der Waals surface area (Å²) in [5.41, 5.74) is 2.06. The van der Waals surface area contributed by atoms with E-state index in [9.17, 15) is 22.8 Å². The number of nitrogens with zero attached hydrogens (tertiary/aromatic N) is 1. The average molecular weight is 458 g/mol. The molecule has 3 amide bonds. The summed E-state index contributed by atoms with van der Waals surface area (Å²) >= 11 is 0.771. The lowest BCUT2D eigenvalue weighted by Crippen LogP contribution is -2.36. The highest BCUT2D eigenvalue weighted by Gasteiger charge is 2.36. The van der Waals surface area contributed by atoms with Crippen LogP contribution in [0.3, 0.4) is 0 Å². The fraction of sp³-hybridized carbons (Fsp3) is 0.0952. The number of primary sulfonamides is 1. The van der Waals surface area contributed by atoms with Crippen molar-refractivity contribution in [1.29, 1.82) is 0 Å². The van der Waals surface area contributed by atoms with Crippen LogP contribution >= 0.6 is 11.8 Å². The van der Waals surface area contributed by atoms with Crippen LogP contribution in [0.4, 0.5) is 10.5 Å². The normalized spacial score (nSPS) is 16.1. The first-order valence-corrected chi connectivity index (χ1v) is 11.4. The van der Waals surface area contributed by atoms with Gasteiger partial charge >= 0.3 is 0 Å². The molecule has 3 rings (SSSR count). The van der Waals surface area contributed by atoms with E-state index in [2.05, 4.69) is 5.32 Å². The van der Waals surface area contributed by atoms with E-state index >= 15 is 0 Å². The second-order valence-corrected chi connectivity index (χ2v) is 9.24. The Labute approximate surface area is 183 Å². The molecule has 0 spiro atoms. The highest BCUT2D eigenvalue weighted by atomic mass is 32.2. The van der Waals surface area contributed by atoms with Crippen LogP contribution in [-0.2, 0) is 19.6 Å². The number of thioether (sulfide) groups is 1. The van der Waals surface area contributed by atoms with Crippen molar-refractivity contribution in [3.05, 3.63) is 76.7 Å². The first-order chi connectivity index (χ1) is 14.6. The molecule has 0 saturated carbocycles. The lowest BCUT2D eigenvalue weighted by atomic mass is 10.1. The van der Waals surface area contributed by atoms with E-state index in [1.54, 1.807) is 6.08 Å². The van der Waals surface area contributed by atoms with Crippen molar-refractivity contribution >= 4 is 50.6 Å². The van der Waals surface area contributed by atoms with Gasteiger partial charge < -0.3 is 5.32 Å². The summed E-state index contributed by atoms with van der Waals surface area (Å²) in [6.45, 7) is 1.36. The third kappa shape index (κ3) is 5.91. The number of benzene rings is 2. The number of sulfonamides is 1. The van der Waals surface area contributed by atoms with Gasteiger partial charge in [-0.3, -0.25) is 19.3 Å². The summed E-state index contributed by atoms with van der Waals surface area (Å²) < 4.78 is 22.6. The van der Waals surface area contributed by atoms with E-state index < -0.39 is 33.6 Å². The second-order valence-electron chi connectivity index (χ2n) is 6.68. The molecular formula is C21H19N3O5S2. The van der Waals surface area contributed by atoms with E-state index in [0.29, 0.717) is 5.69 Å². The molecule has 0 unspecified atom stereocenters. The second kappa shape index (κ2) is 9.29. The number of hydrogen-bond acceptors (Lipinski definition) is 6. The van der Waals surface area contributed by atoms with E-state index in [1.165, 1.54) is 24.3 Å². The molecule has 0 aromatic heterocycles. The van der Waals surface area contributed by atoms with Gasteiger partial charge in [0.15, 0.2) is 0 Å². The number of carbonyl (C=O) groups is 3. The summed E-state index contributed by atoms with van der Waals surface area (Å²) in [6.07, 6.45) is 3.49. The quantitative estimate of drug-likeness (QED) is 0.642. The van der Waals surface area contributed by atoms with Gasteiger partial charge in [-0.25, -0.2) is 13.6 Å². The Morgan fingerprint density at radius 1 is 1.10 bits per heavy atom. The van der Waals surface area contributed by atoms with E-state index in [0.717, 1.165) is 27.8 Å². The lowest BCUT2D eigenvalue weighted by molar-refractivity contribution is -0.127. The van der Waals surface area contributed by atoms with Crippen LogP contribution in [0.2, 0.25) is 0 Å². The van der Waals surface area contributed by atoms with Gasteiger partial charge in [0.25, 0.3) is 11.1 Å². The molecule has 31 heavy (non-hydrogen) atoms. The van der Waals surface area contributed by atoms with Crippen molar-refractivity contribution in [1.82, 2.24) is 4.90 Å². The largest absolute Gasteiger partial charge is 0.325 e. The SMILES string of the molecule is CC(/C=C1\SC(=O)N(CC(=O)Nc2ccc(S(N)(=O)=O)cc2)C1=O)=C\c1ccccc1. The number of hydrogen-bond donors (Lipinski definition) is 2. The van der Waals surface area contributed by atoms with Crippen molar-refractivity contribution in [2.24, 2.45) is 5.14 Å². The molecule has 0 bridgehead atoms. The third-order valence-electron chi connectivity index (χ3n) is 4.19. The van der Waals surface area contributed by atoms with Crippen molar-refractivity contribution in [3.8, 4) is 0 Å². The monoisotopic (exact) mass is 457 g/mol. The number of imide groups is 1. The molecule has 10 heteroatoms. The molecule has 8 nitrogen and oxygen atoms in total. The molecule has 1 aliphatic rings. The number of carbonyl (C=O) groups excluding carboxylic acids is 3. The minimum atomic E-state index is -3.84. The first-order valence-electron chi connectivity index (χ1n) is 9.05. The summed E-state index contributed by atoms with van der Waals surface area (Å²) in [5.74, 6) is -1.14. The van der Waals surface area contributed by atoms with Crippen LogP contribution < -0.4 is 10.5 Å². The van der Waals surface area contributed by atoms with Crippen LogP contribution in [0.5, 0.6) is 0 Å². The van der Waals surface area contributed by atoms with Crippen LogP contribution in [0, 0.1) is 0 Å². The maximum Gasteiger partial charge on any atom is 0.294 e. The molecule has 0 radical (unpaired) electrons. The molecule has 0 aliphatic carbocycles. The summed E-state index contributed by atoms with van der Waals surface area (Å²) in [4.78, 5) is 38.1. The van der Waals surface area contributed by atoms with Gasteiger partial charge in [-0.15, -0.1) is 0 Å². The Hall–Kier alpha value is -3.21. The van der Waals surface area contributed by atoms with Gasteiger partial charge in [-0.1, -0.05) is 36.4 Å². The summed E-state index contributed by atoms with van der Waals surface area (Å²) in [7, 11) is -3.84. The Morgan fingerprint density at radius 3 is 2.35 bits per heavy atom. The molecule has 0 atom stereocenters. The first kappa shape index (κ1) is 22.5. The van der Waals surface area contributed by atoms with Crippen molar-refractivity contribution in [3.63, 3.8) is 0 Å². The standard InChI is InChI=1S/C21H19N3O5S2/c1-14(11-15-5-3-2-4-6-15)12-18-20(26)24(21(27)30-18)13-19(25)23-16-7-9-17(10-8-16)31(22,28)29/h2-12H,13H2,1H3,(H,23,25)(H2,22,28,29)/b14-11+,18-12-. The average Bonchev–Trinajstić information content (AvgIpc) is 2.95. The fourth-order valence-electron chi connectivity index (χ4n) is 2.77. The fourth-order valence-corrected chi connectivity index (χ4v) is 4.17. The van der Waals surface area contributed by atoms with Crippen LogP contribution in [-0.4, -0.2) is 36.9 Å². The molecule has 3 N–H and O–H groups in total. The maximum absolute atomic E-state index is 12.6. The number of amides is 3. The zero-order valence-electron chi connectivity index (χ0n) is 16.4. The highest BCUT2D eigenvalue weighted by Crippen LogP contribution is 2.31. The van der Waals surface area contributed by atoms with Crippen LogP contribution in [0.25, 0.3) is 6.08 Å². The Kier molecular flexibility index (Phi) is 6.74. The van der Waals surface area contributed by atoms with Gasteiger partial charge in [0.1, 0.15) is 6.54 Å². The molecule has 2 aromatic carbocycles. The molecule has 1 saturated heterocycles. The lowest BCUT2D eigenvalue weighted by Gasteiger charge is -2.12. The number of allylic oxidation sites excluding steroid dienone is 2. The van der Waals surface area contributed by atoms with Crippen LogP contribution in [0.15, 0.2) is 76.0 Å². The van der Waals surface area contributed by atoms with Gasteiger partial charge in [0, 0.05) is 5.69 Å². The summed E-state index contributed by atoms with van der Waals surface area (Å²) in [6, 6.07) is 14.8. The predicted octanol–water partition coefficient (Wildman–Crippen LogP) is 2.96.